The predicted octanol–water partition coefficient (Wildman–Crippen LogP) is 5.40. The maximum atomic E-state index is 13.4. The molecule has 0 aliphatic rings. The van der Waals surface area contributed by atoms with E-state index in [1.54, 1.807) is 16.3 Å². The molecule has 2 aromatic heterocycles. The fraction of sp³-hybridized carbons (Fsp3) is 0.0870. The van der Waals surface area contributed by atoms with Gasteiger partial charge in [-0.3, -0.25) is 9.20 Å². The first-order valence-electron chi connectivity index (χ1n) is 9.46. The first kappa shape index (κ1) is 19.1. The molecule has 0 saturated carbocycles. The van der Waals surface area contributed by atoms with Crippen LogP contribution in [0.4, 0.5) is 0 Å². The molecular formula is C23H17BrN4OS. The van der Waals surface area contributed by atoms with Crippen LogP contribution in [-0.2, 0) is 5.75 Å². The second-order valence-corrected chi connectivity index (χ2v) is 8.74. The number of thioether (sulfide) groups is 1. The number of para-hydroxylation sites is 2. The van der Waals surface area contributed by atoms with Crippen LogP contribution in [-0.4, -0.2) is 19.2 Å². The smallest absolute Gasteiger partial charge is 0.267 e. The van der Waals surface area contributed by atoms with E-state index in [0.29, 0.717) is 11.2 Å². The Morgan fingerprint density at radius 2 is 1.67 bits per heavy atom. The van der Waals surface area contributed by atoms with Gasteiger partial charge in [0.1, 0.15) is 0 Å². The molecule has 5 aromatic rings. The zero-order valence-electron chi connectivity index (χ0n) is 16.1. The van der Waals surface area contributed by atoms with Gasteiger partial charge in [0.05, 0.1) is 16.6 Å². The molecule has 148 valence electrons. The molecule has 7 heteroatoms. The van der Waals surface area contributed by atoms with E-state index in [2.05, 4.69) is 32.2 Å². The Balaban J connectivity index is 1.75. The highest BCUT2D eigenvalue weighted by molar-refractivity contribution is 9.10. The number of halogens is 1. The Hall–Kier alpha value is -2.90. The lowest BCUT2D eigenvalue weighted by Crippen LogP contribution is -2.22. The number of hydrogen-bond donors (Lipinski definition) is 0. The van der Waals surface area contributed by atoms with Crippen molar-refractivity contribution in [2.24, 2.45) is 0 Å². The summed E-state index contributed by atoms with van der Waals surface area (Å²) in [5.74, 6) is 1.25. The van der Waals surface area contributed by atoms with Crippen LogP contribution in [0.1, 0.15) is 11.1 Å². The summed E-state index contributed by atoms with van der Waals surface area (Å²) in [6.07, 6.45) is 0. The number of rotatable bonds is 4. The van der Waals surface area contributed by atoms with Crippen molar-refractivity contribution in [2.45, 2.75) is 17.8 Å². The molecule has 0 bridgehead atoms. The van der Waals surface area contributed by atoms with Crippen LogP contribution in [0.25, 0.3) is 22.4 Å². The average molecular weight is 477 g/mol. The molecule has 0 fully saturated rings. The van der Waals surface area contributed by atoms with Gasteiger partial charge < -0.3 is 0 Å². The van der Waals surface area contributed by atoms with E-state index in [4.69, 9.17) is 0 Å². The topological polar surface area (TPSA) is 52.2 Å². The van der Waals surface area contributed by atoms with Crippen molar-refractivity contribution in [3.05, 3.63) is 98.7 Å². The third-order valence-electron chi connectivity index (χ3n) is 5.07. The maximum Gasteiger partial charge on any atom is 0.267 e. The van der Waals surface area contributed by atoms with Gasteiger partial charge in [0.15, 0.2) is 5.16 Å². The molecule has 0 atom stereocenters. The number of nitrogens with zero attached hydrogens (tertiary/aromatic N) is 4. The fourth-order valence-electron chi connectivity index (χ4n) is 3.56. The van der Waals surface area contributed by atoms with E-state index in [-0.39, 0.29) is 5.56 Å². The van der Waals surface area contributed by atoms with E-state index in [0.717, 1.165) is 32.1 Å². The molecule has 0 spiro atoms. The van der Waals surface area contributed by atoms with Gasteiger partial charge in [0.25, 0.3) is 5.56 Å². The molecule has 0 saturated heterocycles. The van der Waals surface area contributed by atoms with E-state index in [1.807, 2.05) is 78.1 Å². The first-order valence-corrected chi connectivity index (χ1v) is 11.2. The summed E-state index contributed by atoms with van der Waals surface area (Å²) < 4.78 is 4.70. The van der Waals surface area contributed by atoms with Gasteiger partial charge in [-0.25, -0.2) is 4.57 Å². The molecule has 30 heavy (non-hydrogen) atoms. The number of aryl methyl sites for hydroxylation is 1. The minimum atomic E-state index is -0.0952. The highest BCUT2D eigenvalue weighted by Crippen LogP contribution is 2.28. The SMILES string of the molecule is Cc1ccccc1-n1c(=O)c2ccccc2n2c(SCc3ccccc3Br)nnc12. The molecule has 3 aromatic carbocycles. The standard InChI is InChI=1S/C23H17BrN4OS/c1-15-8-2-6-12-19(15)27-21(29)17-10-4-7-13-20(17)28-22(27)25-26-23(28)30-14-16-9-3-5-11-18(16)24/h2-13H,14H2,1H3. The lowest BCUT2D eigenvalue weighted by atomic mass is 10.2. The van der Waals surface area contributed by atoms with Crippen LogP contribution < -0.4 is 5.56 Å². The molecule has 0 aliphatic heterocycles. The van der Waals surface area contributed by atoms with E-state index in [9.17, 15) is 4.79 Å². The number of hydrogen-bond acceptors (Lipinski definition) is 4. The number of fused-ring (bicyclic) bond motifs is 3. The summed E-state index contributed by atoms with van der Waals surface area (Å²) >= 11 is 5.20. The van der Waals surface area contributed by atoms with Gasteiger partial charge in [-0.05, 0) is 42.3 Å². The minimum absolute atomic E-state index is 0.0952. The number of aromatic nitrogens is 4. The van der Waals surface area contributed by atoms with E-state index < -0.39 is 0 Å². The van der Waals surface area contributed by atoms with Gasteiger partial charge in [0, 0.05) is 10.2 Å². The largest absolute Gasteiger partial charge is 0.268 e. The Kier molecular flexibility index (Phi) is 4.92. The quantitative estimate of drug-likeness (QED) is 0.326. The van der Waals surface area contributed by atoms with Gasteiger partial charge in [0.2, 0.25) is 5.78 Å². The third-order valence-corrected chi connectivity index (χ3v) is 6.82. The van der Waals surface area contributed by atoms with Crippen LogP contribution in [0, 0.1) is 6.92 Å². The summed E-state index contributed by atoms with van der Waals surface area (Å²) in [5.41, 5.74) is 3.70. The monoisotopic (exact) mass is 476 g/mol. The van der Waals surface area contributed by atoms with Crippen molar-refractivity contribution in [1.29, 1.82) is 0 Å². The Labute approximate surface area is 185 Å². The molecule has 5 rings (SSSR count). The van der Waals surface area contributed by atoms with Gasteiger partial charge in [-0.2, -0.15) is 0 Å². The molecule has 0 aliphatic carbocycles. The van der Waals surface area contributed by atoms with Crippen LogP contribution in [0.2, 0.25) is 0 Å². The average Bonchev–Trinajstić information content (AvgIpc) is 3.18. The zero-order chi connectivity index (χ0) is 20.7. The van der Waals surface area contributed by atoms with Gasteiger partial charge in [-0.1, -0.05) is 76.2 Å². The molecule has 5 nitrogen and oxygen atoms in total. The third kappa shape index (κ3) is 3.14. The predicted molar refractivity (Wildman–Crippen MR) is 125 cm³/mol. The summed E-state index contributed by atoms with van der Waals surface area (Å²) in [4.78, 5) is 13.4. The van der Waals surface area contributed by atoms with E-state index in [1.165, 1.54) is 5.56 Å². The second-order valence-electron chi connectivity index (χ2n) is 6.94. The molecule has 0 amide bonds. The summed E-state index contributed by atoms with van der Waals surface area (Å²) in [6, 6.07) is 23.6. The Morgan fingerprint density at radius 1 is 0.933 bits per heavy atom. The van der Waals surface area contributed by atoms with Crippen molar-refractivity contribution in [1.82, 2.24) is 19.2 Å². The summed E-state index contributed by atoms with van der Waals surface area (Å²) in [6.45, 7) is 1.99. The van der Waals surface area contributed by atoms with Gasteiger partial charge in [-0.15, -0.1) is 10.2 Å². The fourth-order valence-corrected chi connectivity index (χ4v) is 5.12. The molecule has 0 N–H and O–H groups in total. The first-order chi connectivity index (χ1) is 14.6. The van der Waals surface area contributed by atoms with Crippen molar-refractivity contribution in [2.75, 3.05) is 0 Å². The van der Waals surface area contributed by atoms with Crippen molar-refractivity contribution in [3.63, 3.8) is 0 Å². The number of benzene rings is 3. The Morgan fingerprint density at radius 3 is 2.50 bits per heavy atom. The van der Waals surface area contributed by atoms with Crippen LogP contribution in [0.3, 0.4) is 0 Å². The van der Waals surface area contributed by atoms with Crippen LogP contribution >= 0.6 is 27.7 Å². The summed E-state index contributed by atoms with van der Waals surface area (Å²) in [7, 11) is 0. The Bertz CT molecular complexity index is 1460. The van der Waals surface area contributed by atoms with Crippen LogP contribution in [0.15, 0.2) is 87.2 Å². The van der Waals surface area contributed by atoms with Gasteiger partial charge >= 0.3 is 0 Å². The van der Waals surface area contributed by atoms with Crippen LogP contribution in [0.5, 0.6) is 0 Å². The van der Waals surface area contributed by atoms with E-state index >= 15 is 0 Å². The normalized spacial score (nSPS) is 11.4. The highest BCUT2D eigenvalue weighted by Gasteiger charge is 2.18. The van der Waals surface area contributed by atoms with Crippen molar-refractivity contribution >= 4 is 44.4 Å². The lowest BCUT2D eigenvalue weighted by Gasteiger charge is -2.13. The zero-order valence-corrected chi connectivity index (χ0v) is 18.5. The molecule has 0 unspecified atom stereocenters. The van der Waals surface area contributed by atoms with Crippen molar-refractivity contribution in [3.8, 4) is 5.69 Å². The molecular weight excluding hydrogens is 460 g/mol. The highest BCUT2D eigenvalue weighted by atomic mass is 79.9. The molecule has 2 heterocycles. The second kappa shape index (κ2) is 7.74. The maximum absolute atomic E-state index is 13.4. The lowest BCUT2D eigenvalue weighted by molar-refractivity contribution is 0.928. The summed E-state index contributed by atoms with van der Waals surface area (Å²) in [5, 5.41) is 10.3. The molecule has 0 radical (unpaired) electrons. The van der Waals surface area contributed by atoms with Crippen molar-refractivity contribution < 1.29 is 0 Å². The minimum Gasteiger partial charge on any atom is -0.268 e.